The summed E-state index contributed by atoms with van der Waals surface area (Å²) in [5, 5.41) is 0.561. The predicted octanol–water partition coefficient (Wildman–Crippen LogP) is 5.59. The van der Waals surface area contributed by atoms with Crippen LogP contribution in [0.4, 0.5) is 4.39 Å². The molecule has 3 aromatic carbocycles. The molecule has 0 saturated carbocycles. The number of benzene rings is 3. The van der Waals surface area contributed by atoms with Crippen molar-refractivity contribution in [1.82, 2.24) is 0 Å². The summed E-state index contributed by atoms with van der Waals surface area (Å²) in [5.74, 6) is -0.858. The summed E-state index contributed by atoms with van der Waals surface area (Å²) in [6.07, 6.45) is 3.07. The van der Waals surface area contributed by atoms with Crippen LogP contribution in [0, 0.1) is 5.82 Å². The number of hydrogen-bond donors (Lipinski definition) is 0. The van der Waals surface area contributed by atoms with Crippen molar-refractivity contribution in [2.24, 2.45) is 0 Å². The number of ketones is 1. The van der Waals surface area contributed by atoms with E-state index in [1.165, 1.54) is 30.3 Å². The largest absolute Gasteiger partial charge is 0.423 e. The Hall–Kier alpha value is -3.24. The molecule has 0 heterocycles. The molecule has 0 aromatic heterocycles. The predicted molar refractivity (Wildman–Crippen MR) is 103 cm³/mol. The molecule has 0 aliphatic heterocycles. The summed E-state index contributed by atoms with van der Waals surface area (Å²) in [6, 6.07) is 18.4. The Kier molecular flexibility index (Phi) is 5.79. The van der Waals surface area contributed by atoms with Crippen molar-refractivity contribution in [2.45, 2.75) is 0 Å². The molecule has 3 nitrogen and oxygen atoms in total. The molecule has 0 spiro atoms. The fourth-order valence-corrected chi connectivity index (χ4v) is 2.44. The zero-order valence-corrected chi connectivity index (χ0v) is 14.8. The van der Waals surface area contributed by atoms with Gasteiger partial charge in [0.15, 0.2) is 5.78 Å². The van der Waals surface area contributed by atoms with Gasteiger partial charge in [-0.1, -0.05) is 29.8 Å². The second-order valence-electron chi connectivity index (χ2n) is 5.67. The lowest BCUT2D eigenvalue weighted by Gasteiger charge is -2.05. The van der Waals surface area contributed by atoms with Gasteiger partial charge in [-0.25, -0.2) is 9.18 Å². The van der Waals surface area contributed by atoms with E-state index < -0.39 is 11.8 Å². The number of rotatable bonds is 5. The van der Waals surface area contributed by atoms with Crippen LogP contribution in [0.1, 0.15) is 26.3 Å². The molecule has 0 radical (unpaired) electrons. The third kappa shape index (κ3) is 5.12. The fourth-order valence-electron chi connectivity index (χ4n) is 2.32. The minimum atomic E-state index is -0.589. The fraction of sp³-hybridized carbons (Fsp3) is 0. The van der Waals surface area contributed by atoms with Crippen molar-refractivity contribution in [3.05, 3.63) is 106 Å². The summed E-state index contributed by atoms with van der Waals surface area (Å²) in [4.78, 5) is 24.2. The maximum absolute atomic E-state index is 12.9. The van der Waals surface area contributed by atoms with Crippen LogP contribution in [0.15, 0.2) is 78.9 Å². The standard InChI is InChI=1S/C22H14ClFO3/c23-18-9-5-16(6-10-18)21(25)13-4-15-2-1-3-20(14-15)27-22(26)17-7-11-19(24)12-8-17/h1-14H. The van der Waals surface area contributed by atoms with Gasteiger partial charge in [-0.15, -0.1) is 0 Å². The zero-order chi connectivity index (χ0) is 19.2. The van der Waals surface area contributed by atoms with Gasteiger partial charge < -0.3 is 4.74 Å². The van der Waals surface area contributed by atoms with Crippen molar-refractivity contribution in [1.29, 1.82) is 0 Å². The van der Waals surface area contributed by atoms with Crippen LogP contribution in [-0.2, 0) is 0 Å². The maximum Gasteiger partial charge on any atom is 0.343 e. The molecule has 0 N–H and O–H groups in total. The second-order valence-corrected chi connectivity index (χ2v) is 6.11. The summed E-state index contributed by atoms with van der Waals surface area (Å²) >= 11 is 5.81. The van der Waals surface area contributed by atoms with Gasteiger partial charge >= 0.3 is 5.97 Å². The molecule has 27 heavy (non-hydrogen) atoms. The lowest BCUT2D eigenvalue weighted by Crippen LogP contribution is -2.08. The number of ether oxygens (including phenoxy) is 1. The van der Waals surface area contributed by atoms with E-state index in [2.05, 4.69) is 0 Å². The second kappa shape index (κ2) is 8.43. The first kappa shape index (κ1) is 18.5. The first-order valence-corrected chi connectivity index (χ1v) is 8.45. The third-order valence-electron chi connectivity index (χ3n) is 3.70. The highest BCUT2D eigenvalue weighted by Gasteiger charge is 2.09. The number of hydrogen-bond acceptors (Lipinski definition) is 3. The first-order valence-electron chi connectivity index (χ1n) is 8.07. The van der Waals surface area contributed by atoms with Gasteiger partial charge in [0.1, 0.15) is 11.6 Å². The van der Waals surface area contributed by atoms with Crippen molar-refractivity contribution < 1.29 is 18.7 Å². The summed E-state index contributed by atoms with van der Waals surface area (Å²) in [5.41, 5.74) is 1.46. The normalized spacial score (nSPS) is 10.7. The van der Waals surface area contributed by atoms with E-state index in [4.69, 9.17) is 16.3 Å². The summed E-state index contributed by atoms with van der Waals surface area (Å²) in [7, 11) is 0. The lowest BCUT2D eigenvalue weighted by atomic mass is 10.1. The molecule has 0 amide bonds. The lowest BCUT2D eigenvalue weighted by molar-refractivity contribution is 0.0734. The van der Waals surface area contributed by atoms with Gasteiger partial charge in [-0.2, -0.15) is 0 Å². The van der Waals surface area contributed by atoms with Crippen LogP contribution in [0.3, 0.4) is 0 Å². The van der Waals surface area contributed by atoms with Crippen LogP contribution < -0.4 is 4.74 Å². The SMILES string of the molecule is O=C(C=Cc1cccc(OC(=O)c2ccc(F)cc2)c1)c1ccc(Cl)cc1. The molecule has 0 unspecified atom stereocenters. The van der Waals surface area contributed by atoms with Crippen LogP contribution in [0.2, 0.25) is 5.02 Å². The van der Waals surface area contributed by atoms with Crippen LogP contribution in [-0.4, -0.2) is 11.8 Å². The number of carbonyl (C=O) groups excluding carboxylic acids is 2. The van der Waals surface area contributed by atoms with E-state index in [1.807, 2.05) is 0 Å². The topological polar surface area (TPSA) is 43.4 Å². The number of esters is 1. The van der Waals surface area contributed by atoms with Crippen molar-refractivity contribution in [3.8, 4) is 5.75 Å². The average Bonchev–Trinajstić information content (AvgIpc) is 2.67. The van der Waals surface area contributed by atoms with Crippen molar-refractivity contribution >= 4 is 29.4 Å². The molecule has 0 saturated heterocycles. The molecule has 0 bridgehead atoms. The Balaban J connectivity index is 1.69. The highest BCUT2D eigenvalue weighted by atomic mass is 35.5. The highest BCUT2D eigenvalue weighted by molar-refractivity contribution is 6.30. The van der Waals surface area contributed by atoms with Gasteiger partial charge in [0.2, 0.25) is 0 Å². The Labute approximate surface area is 160 Å². The van der Waals surface area contributed by atoms with Gasteiger partial charge in [-0.3, -0.25) is 4.79 Å². The molecular formula is C22H14ClFO3. The van der Waals surface area contributed by atoms with E-state index in [-0.39, 0.29) is 11.3 Å². The molecular weight excluding hydrogens is 367 g/mol. The molecule has 0 aliphatic rings. The Bertz CT molecular complexity index is 993. The van der Waals surface area contributed by atoms with E-state index in [9.17, 15) is 14.0 Å². The van der Waals surface area contributed by atoms with E-state index in [1.54, 1.807) is 54.6 Å². The molecule has 134 valence electrons. The quantitative estimate of drug-likeness (QED) is 0.250. The van der Waals surface area contributed by atoms with E-state index in [0.29, 0.717) is 21.9 Å². The molecule has 0 atom stereocenters. The number of carbonyl (C=O) groups is 2. The van der Waals surface area contributed by atoms with Gasteiger partial charge in [-0.05, 0) is 72.3 Å². The van der Waals surface area contributed by atoms with Crippen LogP contribution in [0.25, 0.3) is 6.08 Å². The monoisotopic (exact) mass is 380 g/mol. The molecule has 3 rings (SSSR count). The third-order valence-corrected chi connectivity index (χ3v) is 3.96. The molecule has 0 aliphatic carbocycles. The maximum atomic E-state index is 12.9. The van der Waals surface area contributed by atoms with Crippen molar-refractivity contribution in [2.75, 3.05) is 0 Å². The van der Waals surface area contributed by atoms with E-state index >= 15 is 0 Å². The minimum Gasteiger partial charge on any atom is -0.423 e. The number of allylic oxidation sites excluding steroid dienone is 1. The zero-order valence-electron chi connectivity index (χ0n) is 14.1. The Morgan fingerprint density at radius 2 is 1.56 bits per heavy atom. The first-order chi connectivity index (χ1) is 13.0. The molecule has 5 heteroatoms. The summed E-state index contributed by atoms with van der Waals surface area (Å²) in [6.45, 7) is 0. The molecule has 3 aromatic rings. The number of halogens is 2. The average molecular weight is 381 g/mol. The van der Waals surface area contributed by atoms with Crippen LogP contribution in [0.5, 0.6) is 5.75 Å². The van der Waals surface area contributed by atoms with E-state index in [0.717, 1.165) is 0 Å². The Morgan fingerprint density at radius 3 is 2.26 bits per heavy atom. The minimum absolute atomic E-state index is 0.166. The van der Waals surface area contributed by atoms with Gasteiger partial charge in [0.25, 0.3) is 0 Å². The van der Waals surface area contributed by atoms with Crippen molar-refractivity contribution in [3.63, 3.8) is 0 Å². The van der Waals surface area contributed by atoms with Crippen LogP contribution >= 0.6 is 11.6 Å². The Morgan fingerprint density at radius 1 is 0.889 bits per heavy atom. The highest BCUT2D eigenvalue weighted by Crippen LogP contribution is 2.17. The summed E-state index contributed by atoms with van der Waals surface area (Å²) < 4.78 is 18.2. The van der Waals surface area contributed by atoms with Gasteiger partial charge in [0, 0.05) is 10.6 Å². The van der Waals surface area contributed by atoms with Gasteiger partial charge in [0.05, 0.1) is 5.56 Å². The molecule has 0 fully saturated rings. The smallest absolute Gasteiger partial charge is 0.343 e.